The molecule has 0 amide bonds. The topological polar surface area (TPSA) is 26.0 Å². The van der Waals surface area contributed by atoms with Crippen LogP contribution in [0.2, 0.25) is 0 Å². The van der Waals surface area contributed by atoms with Gasteiger partial charge in [0.15, 0.2) is 0 Å². The van der Waals surface area contributed by atoms with Crippen molar-refractivity contribution in [2.45, 2.75) is 49.3 Å². The predicted octanol–water partition coefficient (Wildman–Crippen LogP) is 4.80. The average molecular weight is 297 g/mol. The third kappa shape index (κ3) is 3.17. The van der Waals surface area contributed by atoms with Crippen LogP contribution in [0.4, 0.5) is 0 Å². The van der Waals surface area contributed by atoms with Crippen molar-refractivity contribution in [2.75, 3.05) is 0 Å². The molecule has 0 saturated heterocycles. The number of rotatable bonds is 2. The molecule has 1 aliphatic carbocycles. The number of benzene rings is 2. The lowest BCUT2D eigenvalue weighted by atomic mass is 10.00. The molecule has 0 saturated carbocycles. The summed E-state index contributed by atoms with van der Waals surface area (Å²) in [6, 6.07) is 15.5. The molecule has 3 rings (SSSR count). The van der Waals surface area contributed by atoms with E-state index in [0.29, 0.717) is 5.25 Å². The van der Waals surface area contributed by atoms with Gasteiger partial charge >= 0.3 is 0 Å². The molecular weight excluding hydrogens is 274 g/mol. The van der Waals surface area contributed by atoms with Crippen LogP contribution in [-0.2, 0) is 6.42 Å². The lowest BCUT2D eigenvalue weighted by Crippen LogP contribution is -2.23. The Hall–Kier alpha value is -1.25. The minimum Gasteiger partial charge on any atom is -0.323 e. The van der Waals surface area contributed by atoms with Gasteiger partial charge < -0.3 is 5.73 Å². The lowest BCUT2D eigenvalue weighted by molar-refractivity contribution is 0.632. The molecular formula is C19H23NS. The van der Waals surface area contributed by atoms with E-state index >= 15 is 0 Å². The smallest absolute Gasteiger partial charge is 0.0421 e. The third-order valence-corrected chi connectivity index (χ3v) is 5.90. The van der Waals surface area contributed by atoms with Gasteiger partial charge in [0, 0.05) is 16.2 Å². The van der Waals surface area contributed by atoms with E-state index in [1.807, 2.05) is 11.8 Å². The highest BCUT2D eigenvalue weighted by Crippen LogP contribution is 2.39. The monoisotopic (exact) mass is 297 g/mol. The van der Waals surface area contributed by atoms with Crippen LogP contribution in [0, 0.1) is 13.8 Å². The summed E-state index contributed by atoms with van der Waals surface area (Å²) < 4.78 is 0. The Morgan fingerprint density at radius 1 is 1.10 bits per heavy atom. The Balaban J connectivity index is 1.86. The molecule has 110 valence electrons. The second kappa shape index (κ2) is 6.25. The van der Waals surface area contributed by atoms with Gasteiger partial charge in [0.05, 0.1) is 0 Å². The molecule has 2 atom stereocenters. The Morgan fingerprint density at radius 3 is 2.71 bits per heavy atom. The van der Waals surface area contributed by atoms with Gasteiger partial charge in [0.25, 0.3) is 0 Å². The number of thioether (sulfide) groups is 1. The van der Waals surface area contributed by atoms with Gasteiger partial charge in [-0.25, -0.2) is 0 Å². The summed E-state index contributed by atoms with van der Waals surface area (Å²) in [5.74, 6) is 0. The second-order valence-corrected chi connectivity index (χ2v) is 7.32. The predicted molar refractivity (Wildman–Crippen MR) is 91.9 cm³/mol. The van der Waals surface area contributed by atoms with Gasteiger partial charge in [-0.1, -0.05) is 42.0 Å². The first-order valence-electron chi connectivity index (χ1n) is 7.72. The highest BCUT2D eigenvalue weighted by Gasteiger charge is 2.25. The van der Waals surface area contributed by atoms with Crippen LogP contribution in [0.3, 0.4) is 0 Å². The minimum atomic E-state index is 0.134. The van der Waals surface area contributed by atoms with Crippen molar-refractivity contribution in [2.24, 2.45) is 5.73 Å². The normalized spacial score (nSPS) is 21.7. The maximum atomic E-state index is 6.60. The van der Waals surface area contributed by atoms with E-state index in [-0.39, 0.29) is 6.04 Å². The molecule has 2 heteroatoms. The van der Waals surface area contributed by atoms with Gasteiger partial charge in [-0.05, 0) is 55.9 Å². The summed E-state index contributed by atoms with van der Waals surface area (Å²) >= 11 is 1.96. The zero-order valence-electron chi connectivity index (χ0n) is 12.8. The maximum Gasteiger partial charge on any atom is 0.0421 e. The van der Waals surface area contributed by atoms with Crippen LogP contribution in [0.25, 0.3) is 0 Å². The lowest BCUT2D eigenvalue weighted by Gasteiger charge is -2.23. The van der Waals surface area contributed by atoms with Crippen LogP contribution in [-0.4, -0.2) is 5.25 Å². The van der Waals surface area contributed by atoms with E-state index in [1.54, 1.807) is 0 Å². The summed E-state index contributed by atoms with van der Waals surface area (Å²) in [6.45, 7) is 4.35. The first kappa shape index (κ1) is 14.7. The molecule has 1 aliphatic rings. The molecule has 0 spiro atoms. The van der Waals surface area contributed by atoms with Crippen LogP contribution in [0.1, 0.15) is 41.1 Å². The Morgan fingerprint density at radius 2 is 1.90 bits per heavy atom. The van der Waals surface area contributed by atoms with Gasteiger partial charge in [-0.3, -0.25) is 0 Å². The number of fused-ring (bicyclic) bond motifs is 1. The zero-order chi connectivity index (χ0) is 14.8. The van der Waals surface area contributed by atoms with Crippen LogP contribution in [0.5, 0.6) is 0 Å². The van der Waals surface area contributed by atoms with E-state index in [0.717, 1.165) is 6.42 Å². The largest absolute Gasteiger partial charge is 0.323 e. The summed E-state index contributed by atoms with van der Waals surface area (Å²) in [5, 5.41) is 0.468. The summed E-state index contributed by atoms with van der Waals surface area (Å²) in [6.07, 6.45) is 3.58. The van der Waals surface area contributed by atoms with Gasteiger partial charge in [-0.15, -0.1) is 11.8 Å². The summed E-state index contributed by atoms with van der Waals surface area (Å²) in [5.41, 5.74) is 12.1. The van der Waals surface area contributed by atoms with Crippen molar-refractivity contribution < 1.29 is 0 Å². The van der Waals surface area contributed by atoms with E-state index < -0.39 is 0 Å². The zero-order valence-corrected chi connectivity index (χ0v) is 13.6. The maximum absolute atomic E-state index is 6.60. The molecule has 1 nitrogen and oxygen atoms in total. The molecule has 0 radical (unpaired) electrons. The van der Waals surface area contributed by atoms with Crippen molar-refractivity contribution in [3.63, 3.8) is 0 Å². The molecule has 2 aromatic rings. The standard InChI is InChI=1S/C19H23NS/c1-13-10-11-17(14(2)12-13)21-18-9-5-7-15-6-3-4-8-16(15)19(18)20/h3-4,6,8,10-12,18-19H,5,7,9,20H2,1-2H3. The molecule has 0 aliphatic heterocycles. The Bertz CT molecular complexity index is 635. The second-order valence-electron chi connectivity index (χ2n) is 6.04. The number of hydrogen-bond acceptors (Lipinski definition) is 2. The molecule has 0 aromatic heterocycles. The number of hydrogen-bond donors (Lipinski definition) is 1. The first-order valence-corrected chi connectivity index (χ1v) is 8.60. The van der Waals surface area contributed by atoms with Gasteiger partial charge in [0.1, 0.15) is 0 Å². The van der Waals surface area contributed by atoms with Crippen molar-refractivity contribution >= 4 is 11.8 Å². The van der Waals surface area contributed by atoms with Gasteiger partial charge in [-0.2, -0.15) is 0 Å². The van der Waals surface area contributed by atoms with Crippen molar-refractivity contribution in [1.82, 2.24) is 0 Å². The fourth-order valence-electron chi connectivity index (χ4n) is 3.19. The SMILES string of the molecule is Cc1ccc(SC2CCCc3ccccc3C2N)c(C)c1. The first-order chi connectivity index (χ1) is 10.1. The van der Waals surface area contributed by atoms with Crippen LogP contribution < -0.4 is 5.73 Å². The van der Waals surface area contributed by atoms with Gasteiger partial charge in [0.2, 0.25) is 0 Å². The summed E-state index contributed by atoms with van der Waals surface area (Å²) in [7, 11) is 0. The van der Waals surface area contributed by atoms with E-state index in [4.69, 9.17) is 5.73 Å². The third-order valence-electron chi connectivity index (χ3n) is 4.36. The molecule has 2 N–H and O–H groups in total. The fraction of sp³-hybridized carbons (Fsp3) is 0.368. The molecule has 0 heterocycles. The average Bonchev–Trinajstić information content (AvgIpc) is 2.63. The van der Waals surface area contributed by atoms with Crippen molar-refractivity contribution in [3.8, 4) is 0 Å². The molecule has 2 unspecified atom stereocenters. The highest BCUT2D eigenvalue weighted by atomic mass is 32.2. The Labute approximate surface area is 132 Å². The number of nitrogens with two attached hydrogens (primary N) is 1. The van der Waals surface area contributed by atoms with Crippen molar-refractivity contribution in [1.29, 1.82) is 0 Å². The van der Waals surface area contributed by atoms with E-state index in [1.165, 1.54) is 40.0 Å². The molecule has 2 aromatic carbocycles. The minimum absolute atomic E-state index is 0.134. The summed E-state index contributed by atoms with van der Waals surface area (Å²) in [4.78, 5) is 1.38. The van der Waals surface area contributed by atoms with Crippen LogP contribution >= 0.6 is 11.8 Å². The molecule has 21 heavy (non-hydrogen) atoms. The number of aryl methyl sites for hydroxylation is 3. The van der Waals surface area contributed by atoms with Crippen molar-refractivity contribution in [3.05, 3.63) is 64.7 Å². The van der Waals surface area contributed by atoms with Crippen LogP contribution in [0.15, 0.2) is 47.4 Å². The Kier molecular flexibility index (Phi) is 4.37. The quantitative estimate of drug-likeness (QED) is 0.806. The highest BCUT2D eigenvalue weighted by molar-refractivity contribution is 8.00. The van der Waals surface area contributed by atoms with E-state index in [9.17, 15) is 0 Å². The molecule has 0 bridgehead atoms. The molecule has 0 fully saturated rings. The van der Waals surface area contributed by atoms with E-state index in [2.05, 4.69) is 56.3 Å². The fourth-order valence-corrected chi connectivity index (χ4v) is 4.48.